The van der Waals surface area contributed by atoms with Crippen molar-refractivity contribution in [1.82, 2.24) is 9.29 Å². The minimum Gasteiger partial charge on any atom is -0.443 e. The zero-order valence-corrected chi connectivity index (χ0v) is 18.4. The summed E-state index contributed by atoms with van der Waals surface area (Å²) in [5.74, 6) is -0.0530. The van der Waals surface area contributed by atoms with Gasteiger partial charge in [-0.3, -0.25) is 13.7 Å². The average molecular weight is 445 g/mol. The highest BCUT2D eigenvalue weighted by Gasteiger charge is 2.43. The number of nitrogens with zero attached hydrogens (tertiary/aromatic N) is 1. The van der Waals surface area contributed by atoms with Gasteiger partial charge in [-0.15, -0.1) is 10.8 Å². The Balaban J connectivity index is 1.65. The van der Waals surface area contributed by atoms with E-state index >= 15 is 0 Å². The van der Waals surface area contributed by atoms with Gasteiger partial charge in [-0.25, -0.2) is 13.9 Å². The molecule has 3 N–H and O–H groups in total. The molecule has 5 rings (SSSR count). The Labute approximate surface area is 181 Å². The van der Waals surface area contributed by atoms with Gasteiger partial charge in [0.25, 0.3) is 0 Å². The molecule has 31 heavy (non-hydrogen) atoms. The van der Waals surface area contributed by atoms with E-state index in [-0.39, 0.29) is 6.04 Å². The van der Waals surface area contributed by atoms with E-state index in [2.05, 4.69) is 4.72 Å². The summed E-state index contributed by atoms with van der Waals surface area (Å²) < 4.78 is 44.8. The summed E-state index contributed by atoms with van der Waals surface area (Å²) in [6, 6.07) is 9.72. The van der Waals surface area contributed by atoms with Crippen LogP contribution in [0.25, 0.3) is 22.0 Å². The van der Waals surface area contributed by atoms with Crippen LogP contribution in [-0.2, 0) is 4.74 Å². The van der Waals surface area contributed by atoms with Crippen LogP contribution < -0.4 is 4.72 Å². The first-order valence-corrected chi connectivity index (χ1v) is 11.8. The Hall–Kier alpha value is -2.39. The van der Waals surface area contributed by atoms with Crippen molar-refractivity contribution in [2.75, 3.05) is 0 Å². The minimum absolute atomic E-state index is 0.100. The van der Waals surface area contributed by atoms with Gasteiger partial charge in [0.2, 0.25) is 0 Å². The number of carbonyl (C=O) groups excluding carboxylic acids is 1. The molecule has 0 radical (unpaired) electrons. The van der Waals surface area contributed by atoms with Crippen molar-refractivity contribution in [1.29, 1.82) is 0 Å². The van der Waals surface area contributed by atoms with Crippen molar-refractivity contribution in [2.24, 2.45) is 5.92 Å². The van der Waals surface area contributed by atoms with E-state index in [1.54, 1.807) is 39.1 Å². The molecule has 0 spiro atoms. The number of hydrogen-bond acceptors (Lipinski definition) is 5. The molecule has 0 saturated heterocycles. The lowest BCUT2D eigenvalue weighted by atomic mass is 9.97. The molecule has 1 fully saturated rings. The van der Waals surface area contributed by atoms with Crippen molar-refractivity contribution >= 4 is 27.8 Å². The van der Waals surface area contributed by atoms with Crippen LogP contribution in [0.15, 0.2) is 47.5 Å². The van der Waals surface area contributed by atoms with Crippen molar-refractivity contribution in [2.45, 2.75) is 50.2 Å². The number of benzene rings is 2. The van der Waals surface area contributed by atoms with Crippen LogP contribution in [0, 0.1) is 11.7 Å². The lowest BCUT2D eigenvalue weighted by Gasteiger charge is -2.28. The highest BCUT2D eigenvalue weighted by Crippen LogP contribution is 2.60. The molecule has 6 nitrogen and oxygen atoms in total. The maximum absolute atomic E-state index is 14.0. The summed E-state index contributed by atoms with van der Waals surface area (Å²) in [7, 11) is -3.01. The van der Waals surface area contributed by atoms with E-state index in [9.17, 15) is 18.3 Å². The number of carbonyl (C=O) groups is 1. The van der Waals surface area contributed by atoms with Crippen molar-refractivity contribution in [3.05, 3.63) is 54.0 Å². The molecule has 1 atom stereocenters. The van der Waals surface area contributed by atoms with Crippen molar-refractivity contribution in [3.63, 3.8) is 0 Å². The van der Waals surface area contributed by atoms with E-state index in [1.807, 2.05) is 12.1 Å². The maximum Gasteiger partial charge on any atom is 0.419 e. The molecule has 1 aliphatic carbocycles. The number of halogens is 1. The third-order valence-corrected chi connectivity index (χ3v) is 7.27. The molecule has 8 heteroatoms. The second-order valence-corrected chi connectivity index (χ2v) is 11.1. The summed E-state index contributed by atoms with van der Waals surface area (Å²) in [5.41, 5.74) is 2.18. The van der Waals surface area contributed by atoms with E-state index in [1.165, 1.54) is 16.7 Å². The summed E-state index contributed by atoms with van der Waals surface area (Å²) >= 11 is 0. The van der Waals surface area contributed by atoms with Crippen LogP contribution >= 0.6 is 10.8 Å². The predicted molar refractivity (Wildman–Crippen MR) is 119 cm³/mol. The van der Waals surface area contributed by atoms with Crippen molar-refractivity contribution in [3.8, 4) is 11.1 Å². The summed E-state index contributed by atoms with van der Waals surface area (Å²) in [6.45, 7) is 5.34. The van der Waals surface area contributed by atoms with E-state index < -0.39 is 28.3 Å². The van der Waals surface area contributed by atoms with Gasteiger partial charge in [-0.1, -0.05) is 6.07 Å². The minimum atomic E-state index is -3.01. The van der Waals surface area contributed by atoms with Gasteiger partial charge < -0.3 is 4.74 Å². The molecule has 1 aliphatic heterocycles. The molecule has 2 aromatic carbocycles. The molecule has 0 amide bonds. The molecule has 3 aromatic rings. The molecule has 0 bridgehead atoms. The Morgan fingerprint density at radius 2 is 1.94 bits per heavy atom. The van der Waals surface area contributed by atoms with Crippen LogP contribution in [0.2, 0.25) is 0 Å². The lowest BCUT2D eigenvalue weighted by Crippen LogP contribution is -2.26. The normalized spacial score (nSPS) is 21.2. The van der Waals surface area contributed by atoms with E-state index in [0.717, 1.165) is 29.5 Å². The number of fused-ring (bicyclic) bond motifs is 2. The number of rotatable bonds is 2. The van der Waals surface area contributed by atoms with Gasteiger partial charge >= 0.3 is 6.09 Å². The largest absolute Gasteiger partial charge is 0.443 e. The first-order chi connectivity index (χ1) is 14.5. The summed E-state index contributed by atoms with van der Waals surface area (Å²) in [5, 5.41) is 0.716. The third-order valence-electron chi connectivity index (χ3n) is 5.71. The molecule has 164 valence electrons. The Morgan fingerprint density at radius 3 is 2.61 bits per heavy atom. The number of hydrogen-bond donors (Lipinski definition) is 3. The molecular weight excluding hydrogens is 419 g/mol. The highest BCUT2D eigenvalue weighted by atomic mass is 32.3. The first-order valence-electron chi connectivity index (χ1n) is 10.3. The Bertz CT molecular complexity index is 1210. The third kappa shape index (κ3) is 3.63. The fourth-order valence-electron chi connectivity index (χ4n) is 4.19. The van der Waals surface area contributed by atoms with Gasteiger partial charge in [-0.05, 0) is 81.0 Å². The van der Waals surface area contributed by atoms with Gasteiger partial charge in [0.1, 0.15) is 11.4 Å². The SMILES string of the molecule is CC(C)(C)OC(=O)n1cc(-c2ccc3c(c2)C(C2CC2)NS3(O)O)c2ccc(F)cc21. The highest BCUT2D eigenvalue weighted by molar-refractivity contribution is 8.22. The molecule has 1 aromatic heterocycles. The Kier molecular flexibility index (Phi) is 4.50. The average Bonchev–Trinajstić information content (AvgIpc) is 3.39. The zero-order chi connectivity index (χ0) is 22.1. The quantitative estimate of drug-likeness (QED) is 0.431. The number of aromatic nitrogens is 1. The monoisotopic (exact) mass is 444 g/mol. The number of ether oxygens (including phenoxy) is 1. The topological polar surface area (TPSA) is 83.7 Å². The predicted octanol–water partition coefficient (Wildman–Crippen LogP) is 6.31. The van der Waals surface area contributed by atoms with Crippen LogP contribution in [0.5, 0.6) is 0 Å². The smallest absolute Gasteiger partial charge is 0.419 e. The fourth-order valence-corrected chi connectivity index (χ4v) is 5.77. The van der Waals surface area contributed by atoms with E-state index in [4.69, 9.17) is 4.74 Å². The van der Waals surface area contributed by atoms with Crippen LogP contribution in [0.1, 0.15) is 45.2 Å². The molecule has 1 saturated carbocycles. The standard InChI is InChI=1S/C23H25FN2O4S/c1-23(2,3)30-22(27)26-12-18(16-8-7-15(24)11-19(16)26)14-6-9-20-17(10-14)21(13-4-5-13)25-31(20,28)29/h6-13,21,25,28-29H,4-5H2,1-3H3. The Morgan fingerprint density at radius 1 is 1.19 bits per heavy atom. The number of nitrogens with one attached hydrogen (secondary N) is 1. The summed E-state index contributed by atoms with van der Waals surface area (Å²) in [4.78, 5) is 13.3. The van der Waals surface area contributed by atoms with Crippen LogP contribution in [0.4, 0.5) is 9.18 Å². The second kappa shape index (κ2) is 6.80. The summed E-state index contributed by atoms with van der Waals surface area (Å²) in [6.07, 6.45) is 3.18. The van der Waals surface area contributed by atoms with E-state index in [0.29, 0.717) is 21.7 Å². The molecular formula is C23H25FN2O4S. The fraction of sp³-hybridized carbons (Fsp3) is 0.348. The molecule has 2 aliphatic rings. The molecule has 1 unspecified atom stereocenters. The maximum atomic E-state index is 14.0. The van der Waals surface area contributed by atoms with Gasteiger partial charge in [-0.2, -0.15) is 0 Å². The van der Waals surface area contributed by atoms with Gasteiger partial charge in [0.15, 0.2) is 0 Å². The lowest BCUT2D eigenvalue weighted by molar-refractivity contribution is 0.0544. The van der Waals surface area contributed by atoms with Crippen molar-refractivity contribution < 1.29 is 23.0 Å². The van der Waals surface area contributed by atoms with Gasteiger partial charge in [0, 0.05) is 17.1 Å². The zero-order valence-electron chi connectivity index (χ0n) is 17.6. The van der Waals surface area contributed by atoms with Crippen LogP contribution in [0.3, 0.4) is 0 Å². The molecule has 2 heterocycles. The second-order valence-electron chi connectivity index (χ2n) is 9.29. The first kappa shape index (κ1) is 20.5. The van der Waals surface area contributed by atoms with Gasteiger partial charge in [0.05, 0.1) is 16.5 Å². The van der Waals surface area contributed by atoms with Crippen LogP contribution in [-0.4, -0.2) is 25.4 Å².